The van der Waals surface area contributed by atoms with E-state index in [0.29, 0.717) is 0 Å². The molecule has 0 unspecified atom stereocenters. The van der Waals surface area contributed by atoms with Crippen molar-refractivity contribution in [3.8, 4) is 0 Å². The van der Waals surface area contributed by atoms with Crippen LogP contribution in [0.5, 0.6) is 0 Å². The molecule has 1 aliphatic rings. The normalized spacial score (nSPS) is 21.3. The molecule has 1 aromatic carbocycles. The van der Waals surface area contributed by atoms with Gasteiger partial charge in [-0.3, -0.25) is 4.79 Å². The first-order valence-electron chi connectivity index (χ1n) is 7.72. The summed E-state index contributed by atoms with van der Waals surface area (Å²) in [6.07, 6.45) is 4.62. The fourth-order valence-corrected chi connectivity index (χ4v) is 3.61. The van der Waals surface area contributed by atoms with Crippen LogP contribution in [0.4, 0.5) is 0 Å². The topological polar surface area (TPSA) is 39.4 Å². The van der Waals surface area contributed by atoms with Crippen LogP contribution in [-0.4, -0.2) is 12.1 Å². The summed E-state index contributed by atoms with van der Waals surface area (Å²) in [4.78, 5) is 11.3. The number of carbonyl (C=O) groups is 1. The Morgan fingerprint density at radius 2 is 2.24 bits per heavy atom. The van der Waals surface area contributed by atoms with E-state index in [2.05, 4.69) is 26.8 Å². The molecule has 3 rings (SSSR count). The SMILES string of the molecule is CCc1coc2c3c(c(C)cc12)CC[C@H](OC(C)=O)[C@H]3C. The standard InChI is InChI=1S/C18H22O3/c1-5-13-9-20-18-15(13)8-10(2)14-6-7-16(21-12(4)19)11(3)17(14)18/h8-9,11,16H,5-7H2,1-4H3/t11-,16+/m1/s1. The number of furan rings is 1. The minimum absolute atomic E-state index is 0.0461. The van der Waals surface area contributed by atoms with Crippen molar-refractivity contribution in [1.82, 2.24) is 0 Å². The van der Waals surface area contributed by atoms with Crippen molar-refractivity contribution in [2.45, 2.75) is 59.0 Å². The largest absolute Gasteiger partial charge is 0.464 e. The van der Waals surface area contributed by atoms with E-state index in [9.17, 15) is 4.79 Å². The smallest absolute Gasteiger partial charge is 0.302 e. The molecule has 1 aromatic heterocycles. The third-order valence-corrected chi connectivity index (χ3v) is 4.71. The predicted molar refractivity (Wildman–Crippen MR) is 82.6 cm³/mol. The molecule has 2 aromatic rings. The number of hydrogen-bond acceptors (Lipinski definition) is 3. The zero-order valence-corrected chi connectivity index (χ0v) is 13.2. The molecule has 1 aliphatic carbocycles. The van der Waals surface area contributed by atoms with Crippen LogP contribution in [0.3, 0.4) is 0 Å². The Morgan fingerprint density at radius 3 is 2.90 bits per heavy atom. The molecule has 0 aliphatic heterocycles. The highest BCUT2D eigenvalue weighted by Crippen LogP contribution is 2.41. The monoisotopic (exact) mass is 286 g/mol. The number of hydrogen-bond donors (Lipinski definition) is 0. The van der Waals surface area contributed by atoms with Crippen molar-refractivity contribution < 1.29 is 13.9 Å². The van der Waals surface area contributed by atoms with Crippen LogP contribution in [0.25, 0.3) is 11.0 Å². The molecule has 0 fully saturated rings. The van der Waals surface area contributed by atoms with Gasteiger partial charge in [-0.2, -0.15) is 0 Å². The van der Waals surface area contributed by atoms with Gasteiger partial charge >= 0.3 is 5.97 Å². The number of ether oxygens (including phenoxy) is 1. The van der Waals surface area contributed by atoms with Crippen LogP contribution in [-0.2, 0) is 22.4 Å². The highest BCUT2D eigenvalue weighted by Gasteiger charge is 2.32. The number of aryl methyl sites for hydroxylation is 2. The van der Waals surface area contributed by atoms with Gasteiger partial charge in [0.15, 0.2) is 0 Å². The Bertz CT molecular complexity index is 696. The predicted octanol–water partition coefficient (Wildman–Crippen LogP) is 4.29. The summed E-state index contributed by atoms with van der Waals surface area (Å²) in [6.45, 7) is 7.93. The molecule has 0 saturated heterocycles. The van der Waals surface area contributed by atoms with Crippen LogP contribution < -0.4 is 0 Å². The van der Waals surface area contributed by atoms with Crippen molar-refractivity contribution in [3.05, 3.63) is 34.6 Å². The minimum Gasteiger partial charge on any atom is -0.464 e. The van der Waals surface area contributed by atoms with E-state index < -0.39 is 0 Å². The zero-order chi connectivity index (χ0) is 15.1. The lowest BCUT2D eigenvalue weighted by Crippen LogP contribution is -2.28. The maximum atomic E-state index is 11.3. The third kappa shape index (κ3) is 2.25. The quantitative estimate of drug-likeness (QED) is 0.773. The van der Waals surface area contributed by atoms with Crippen LogP contribution in [0.1, 0.15) is 55.4 Å². The summed E-state index contributed by atoms with van der Waals surface area (Å²) in [5.41, 5.74) is 6.16. The summed E-state index contributed by atoms with van der Waals surface area (Å²) >= 11 is 0. The number of esters is 1. The second-order valence-electron chi connectivity index (χ2n) is 6.05. The number of rotatable bonds is 2. The molecule has 0 saturated carbocycles. The van der Waals surface area contributed by atoms with E-state index in [-0.39, 0.29) is 18.0 Å². The van der Waals surface area contributed by atoms with Crippen LogP contribution in [0.2, 0.25) is 0 Å². The second kappa shape index (κ2) is 5.21. The zero-order valence-electron chi connectivity index (χ0n) is 13.2. The van der Waals surface area contributed by atoms with E-state index in [1.165, 1.54) is 34.6 Å². The Labute approximate surface area is 125 Å². The van der Waals surface area contributed by atoms with E-state index in [4.69, 9.17) is 9.15 Å². The van der Waals surface area contributed by atoms with Gasteiger partial charge < -0.3 is 9.15 Å². The van der Waals surface area contributed by atoms with Crippen LogP contribution >= 0.6 is 0 Å². The molecule has 0 radical (unpaired) electrons. The average molecular weight is 286 g/mol. The van der Waals surface area contributed by atoms with E-state index >= 15 is 0 Å². The van der Waals surface area contributed by atoms with Gasteiger partial charge in [0.1, 0.15) is 11.7 Å². The highest BCUT2D eigenvalue weighted by atomic mass is 16.5. The second-order valence-corrected chi connectivity index (χ2v) is 6.05. The van der Waals surface area contributed by atoms with E-state index in [1.54, 1.807) is 0 Å². The number of carbonyl (C=O) groups excluding carboxylic acids is 1. The van der Waals surface area contributed by atoms with Gasteiger partial charge in [0.2, 0.25) is 0 Å². The molecule has 0 amide bonds. The van der Waals surface area contributed by atoms with Gasteiger partial charge in [0.25, 0.3) is 0 Å². The highest BCUT2D eigenvalue weighted by molar-refractivity contribution is 5.87. The van der Waals surface area contributed by atoms with Crippen molar-refractivity contribution in [1.29, 1.82) is 0 Å². The fraction of sp³-hybridized carbons (Fsp3) is 0.500. The van der Waals surface area contributed by atoms with Crippen molar-refractivity contribution in [2.24, 2.45) is 0 Å². The molecule has 2 atom stereocenters. The van der Waals surface area contributed by atoms with Crippen molar-refractivity contribution >= 4 is 16.9 Å². The first kappa shape index (κ1) is 14.2. The van der Waals surface area contributed by atoms with Gasteiger partial charge in [0, 0.05) is 23.8 Å². The lowest BCUT2D eigenvalue weighted by molar-refractivity contribution is -0.147. The summed E-state index contributed by atoms with van der Waals surface area (Å²) in [6, 6.07) is 2.25. The molecular formula is C18H22O3. The molecule has 0 bridgehead atoms. The van der Waals surface area contributed by atoms with Gasteiger partial charge in [-0.1, -0.05) is 13.8 Å². The molecule has 3 heteroatoms. The lowest BCUT2D eigenvalue weighted by atomic mass is 9.78. The van der Waals surface area contributed by atoms with E-state index in [0.717, 1.165) is 24.8 Å². The van der Waals surface area contributed by atoms with Gasteiger partial charge in [-0.05, 0) is 48.9 Å². The number of fused-ring (bicyclic) bond motifs is 3. The molecule has 21 heavy (non-hydrogen) atoms. The Hall–Kier alpha value is -1.77. The Morgan fingerprint density at radius 1 is 1.48 bits per heavy atom. The van der Waals surface area contributed by atoms with Crippen LogP contribution in [0.15, 0.2) is 16.7 Å². The van der Waals surface area contributed by atoms with Gasteiger partial charge in [-0.25, -0.2) is 0 Å². The van der Waals surface area contributed by atoms with Crippen molar-refractivity contribution in [2.75, 3.05) is 0 Å². The third-order valence-electron chi connectivity index (χ3n) is 4.71. The Balaban J connectivity index is 2.16. The summed E-state index contributed by atoms with van der Waals surface area (Å²) in [5, 5.41) is 1.21. The molecule has 112 valence electrons. The summed E-state index contributed by atoms with van der Waals surface area (Å²) < 4.78 is 11.4. The maximum Gasteiger partial charge on any atom is 0.302 e. The molecular weight excluding hydrogens is 264 g/mol. The van der Waals surface area contributed by atoms with Gasteiger partial charge in [0.05, 0.1) is 6.26 Å². The minimum atomic E-state index is -0.201. The van der Waals surface area contributed by atoms with Crippen molar-refractivity contribution in [3.63, 3.8) is 0 Å². The molecule has 0 N–H and O–H groups in total. The van der Waals surface area contributed by atoms with Crippen LogP contribution in [0, 0.1) is 6.92 Å². The Kier molecular flexibility index (Phi) is 3.52. The first-order valence-corrected chi connectivity index (χ1v) is 7.72. The molecule has 3 nitrogen and oxygen atoms in total. The fourth-order valence-electron chi connectivity index (χ4n) is 3.61. The molecule has 1 heterocycles. The molecule has 0 spiro atoms. The first-order chi connectivity index (χ1) is 10.0. The lowest BCUT2D eigenvalue weighted by Gasteiger charge is -2.31. The van der Waals surface area contributed by atoms with Gasteiger partial charge in [-0.15, -0.1) is 0 Å². The van der Waals surface area contributed by atoms with E-state index in [1.807, 2.05) is 6.26 Å². The average Bonchev–Trinajstić information content (AvgIpc) is 2.83. The summed E-state index contributed by atoms with van der Waals surface area (Å²) in [5.74, 6) is -0.0243. The maximum absolute atomic E-state index is 11.3. The number of benzene rings is 1. The summed E-state index contributed by atoms with van der Waals surface area (Å²) in [7, 11) is 0.